The van der Waals surface area contributed by atoms with Gasteiger partial charge in [0.25, 0.3) is 0 Å². The number of aliphatic hydroxyl groups is 1. The number of nitrogens with one attached hydrogen (secondary N) is 2. The number of hydrogen-bond acceptors (Lipinski definition) is 8. The van der Waals surface area contributed by atoms with Gasteiger partial charge in [-0.3, -0.25) is 0 Å². The predicted molar refractivity (Wildman–Crippen MR) is 135 cm³/mol. The van der Waals surface area contributed by atoms with Crippen LogP contribution in [0, 0.1) is 5.82 Å². The molecule has 1 unspecified atom stereocenters. The molecule has 3 N–H and O–H groups in total. The largest absolute Gasteiger partial charge is 0.387 e. The molecule has 0 saturated carbocycles. The van der Waals surface area contributed by atoms with E-state index in [0.717, 1.165) is 19.5 Å². The summed E-state index contributed by atoms with van der Waals surface area (Å²) in [4.78, 5) is 10.9. The van der Waals surface area contributed by atoms with Crippen molar-refractivity contribution in [2.45, 2.75) is 29.8 Å². The number of halogens is 1. The molecule has 0 amide bonds. The van der Waals surface area contributed by atoms with Crippen LogP contribution < -0.4 is 10.6 Å². The van der Waals surface area contributed by atoms with Crippen molar-refractivity contribution < 1.29 is 17.9 Å². The number of anilines is 4. The zero-order valence-electron chi connectivity index (χ0n) is 19.8. The average molecular weight is 513 g/mol. The van der Waals surface area contributed by atoms with Crippen molar-refractivity contribution in [1.29, 1.82) is 0 Å². The van der Waals surface area contributed by atoms with Crippen LogP contribution in [0.2, 0.25) is 0 Å². The number of hydrogen-bond donors (Lipinski definition) is 3. The van der Waals surface area contributed by atoms with Crippen LogP contribution >= 0.6 is 0 Å². The summed E-state index contributed by atoms with van der Waals surface area (Å²) in [5, 5.41) is 17.2. The summed E-state index contributed by atoms with van der Waals surface area (Å²) in [6.07, 6.45) is 3.94. The first kappa shape index (κ1) is 24.6. The number of nitrogens with zero attached hydrogens (tertiary/aromatic N) is 4. The monoisotopic (exact) mass is 512 g/mol. The van der Waals surface area contributed by atoms with Crippen LogP contribution in [0.4, 0.5) is 27.5 Å². The van der Waals surface area contributed by atoms with E-state index in [-0.39, 0.29) is 17.3 Å². The highest BCUT2D eigenvalue weighted by molar-refractivity contribution is 7.89. The second kappa shape index (κ2) is 10.1. The minimum atomic E-state index is -3.73. The van der Waals surface area contributed by atoms with E-state index in [4.69, 9.17) is 0 Å². The Bertz CT molecular complexity index is 1300. The third kappa shape index (κ3) is 5.65. The Balaban J connectivity index is 1.24. The van der Waals surface area contributed by atoms with E-state index >= 15 is 0 Å². The third-order valence-corrected chi connectivity index (χ3v) is 8.37. The third-order valence-electron chi connectivity index (χ3n) is 6.51. The van der Waals surface area contributed by atoms with Gasteiger partial charge >= 0.3 is 0 Å². The molecule has 11 heteroatoms. The number of β-amino-alcohol motifs (C(OH)–C–C–N with tert-alkyl or cyclic N) is 1. The molecule has 2 aliphatic heterocycles. The van der Waals surface area contributed by atoms with E-state index in [1.54, 1.807) is 48.7 Å². The molecule has 5 rings (SSSR count). The summed E-state index contributed by atoms with van der Waals surface area (Å²) in [7, 11) is -3.73. The highest BCUT2D eigenvalue weighted by Gasteiger charge is 2.40. The van der Waals surface area contributed by atoms with Crippen LogP contribution in [-0.4, -0.2) is 71.0 Å². The van der Waals surface area contributed by atoms with Gasteiger partial charge in [-0.15, -0.1) is 0 Å². The number of benzene rings is 2. The first-order valence-corrected chi connectivity index (χ1v) is 13.4. The lowest BCUT2D eigenvalue weighted by molar-refractivity contribution is -0.0466. The summed E-state index contributed by atoms with van der Waals surface area (Å²) in [6.45, 7) is 2.92. The molecular weight excluding hydrogens is 483 g/mol. The lowest BCUT2D eigenvalue weighted by atomic mass is 9.92. The molecule has 0 radical (unpaired) electrons. The van der Waals surface area contributed by atoms with Crippen LogP contribution in [0.5, 0.6) is 0 Å². The molecule has 36 heavy (non-hydrogen) atoms. The molecule has 2 aliphatic rings. The van der Waals surface area contributed by atoms with Crippen LogP contribution in [0.25, 0.3) is 0 Å². The molecule has 2 aromatic carbocycles. The van der Waals surface area contributed by atoms with Crippen molar-refractivity contribution in [2.75, 3.05) is 43.4 Å². The minimum absolute atomic E-state index is 0.105. The van der Waals surface area contributed by atoms with Crippen molar-refractivity contribution in [1.82, 2.24) is 19.2 Å². The van der Waals surface area contributed by atoms with E-state index in [1.807, 2.05) is 0 Å². The van der Waals surface area contributed by atoms with Crippen LogP contribution in [0.3, 0.4) is 0 Å². The molecule has 1 atom stereocenters. The molecule has 9 nitrogen and oxygen atoms in total. The molecule has 3 heterocycles. The summed E-state index contributed by atoms with van der Waals surface area (Å²) < 4.78 is 41.1. The number of sulfonamides is 1. The summed E-state index contributed by atoms with van der Waals surface area (Å²) in [5.41, 5.74) is 0.295. The van der Waals surface area contributed by atoms with Gasteiger partial charge in [-0.1, -0.05) is 0 Å². The zero-order valence-corrected chi connectivity index (χ0v) is 20.6. The Morgan fingerprint density at radius 3 is 2.33 bits per heavy atom. The second-order valence-electron chi connectivity index (χ2n) is 9.34. The smallest absolute Gasteiger partial charge is 0.243 e. The number of aromatic nitrogens is 2. The van der Waals surface area contributed by atoms with Crippen LogP contribution in [-0.2, 0) is 10.0 Å². The second-order valence-corrected chi connectivity index (χ2v) is 11.3. The van der Waals surface area contributed by atoms with Gasteiger partial charge in [0.15, 0.2) is 0 Å². The number of piperidine rings is 1. The Hall–Kier alpha value is -3.12. The first-order valence-electron chi connectivity index (χ1n) is 12.0. The predicted octanol–water partition coefficient (Wildman–Crippen LogP) is 3.32. The van der Waals surface area contributed by atoms with E-state index in [1.165, 1.54) is 16.4 Å². The average Bonchev–Trinajstić information content (AvgIpc) is 2.84. The Morgan fingerprint density at radius 2 is 1.64 bits per heavy atom. The van der Waals surface area contributed by atoms with Crippen molar-refractivity contribution in [2.24, 2.45) is 0 Å². The van der Waals surface area contributed by atoms with Crippen molar-refractivity contribution >= 4 is 33.2 Å². The van der Waals surface area contributed by atoms with E-state index in [0.29, 0.717) is 49.1 Å². The summed E-state index contributed by atoms with van der Waals surface area (Å²) in [6, 6.07) is 14.0. The van der Waals surface area contributed by atoms with Crippen molar-refractivity contribution in [3.05, 3.63) is 66.6 Å². The summed E-state index contributed by atoms with van der Waals surface area (Å²) in [5.74, 6) is 0.526. The van der Waals surface area contributed by atoms with Gasteiger partial charge in [0.05, 0.1) is 10.5 Å². The number of likely N-dealkylation sites (tertiary alicyclic amines) is 1. The van der Waals surface area contributed by atoms with Crippen LogP contribution in [0.15, 0.2) is 65.7 Å². The highest BCUT2D eigenvalue weighted by atomic mass is 32.2. The molecule has 0 aliphatic carbocycles. The first-order chi connectivity index (χ1) is 17.3. The fourth-order valence-electron chi connectivity index (χ4n) is 4.52. The fourth-order valence-corrected chi connectivity index (χ4v) is 6.08. The molecule has 3 aromatic rings. The van der Waals surface area contributed by atoms with Crippen molar-refractivity contribution in [3.63, 3.8) is 0 Å². The maximum absolute atomic E-state index is 13.3. The summed E-state index contributed by atoms with van der Waals surface area (Å²) >= 11 is 0. The molecule has 0 bridgehead atoms. The highest BCUT2D eigenvalue weighted by Crippen LogP contribution is 2.29. The Labute approximate surface area is 210 Å². The molecule has 2 fully saturated rings. The normalized spacial score (nSPS) is 21.1. The Morgan fingerprint density at radius 1 is 0.944 bits per heavy atom. The van der Waals surface area contributed by atoms with Crippen molar-refractivity contribution in [3.8, 4) is 0 Å². The van der Waals surface area contributed by atoms with Gasteiger partial charge in [0.2, 0.25) is 16.0 Å². The minimum Gasteiger partial charge on any atom is -0.387 e. The standard InChI is InChI=1S/C25H29FN6O3S/c26-19-3-5-20(6-4-19)28-23-11-13-27-24(30-23)29-21-7-9-22(10-8-21)36(34,35)32-16-1-12-25(33,18-32)17-31-14-2-15-31/h3-11,13,33H,1-2,12,14-18H2,(H2,27,28,29,30). The van der Waals surface area contributed by atoms with Gasteiger partial charge in [0.1, 0.15) is 11.6 Å². The van der Waals surface area contributed by atoms with Crippen LogP contribution in [0.1, 0.15) is 19.3 Å². The fraction of sp³-hybridized carbons (Fsp3) is 0.360. The molecule has 1 aromatic heterocycles. The lowest BCUT2D eigenvalue weighted by Gasteiger charge is -2.43. The van der Waals surface area contributed by atoms with Gasteiger partial charge in [0, 0.05) is 37.2 Å². The zero-order chi connectivity index (χ0) is 25.2. The Kier molecular flexibility index (Phi) is 6.89. The van der Waals surface area contributed by atoms with Gasteiger partial charge in [-0.2, -0.15) is 9.29 Å². The molecule has 190 valence electrons. The van der Waals surface area contributed by atoms with E-state index in [9.17, 15) is 17.9 Å². The SMILES string of the molecule is O=S(=O)(c1ccc(Nc2nccc(Nc3ccc(F)cc3)n2)cc1)N1CCCC(O)(CN2CCC2)C1. The maximum atomic E-state index is 13.3. The topological polar surface area (TPSA) is 111 Å². The van der Waals surface area contributed by atoms with E-state index < -0.39 is 15.6 Å². The van der Waals surface area contributed by atoms with E-state index in [2.05, 4.69) is 25.5 Å². The quantitative estimate of drug-likeness (QED) is 0.422. The van der Waals surface area contributed by atoms with Gasteiger partial charge in [-0.25, -0.2) is 17.8 Å². The number of rotatable bonds is 8. The van der Waals surface area contributed by atoms with Gasteiger partial charge < -0.3 is 20.6 Å². The lowest BCUT2D eigenvalue weighted by Crippen LogP contribution is -2.57. The molecular formula is C25H29FN6O3S. The van der Waals surface area contributed by atoms with Gasteiger partial charge in [-0.05, 0) is 86.9 Å². The molecule has 2 saturated heterocycles. The maximum Gasteiger partial charge on any atom is 0.243 e. The molecule has 0 spiro atoms.